The predicted molar refractivity (Wildman–Crippen MR) is 46.0 cm³/mol. The molecule has 2 fully saturated rings. The molecule has 0 aromatic carbocycles. The van der Waals surface area contributed by atoms with E-state index in [2.05, 4.69) is 13.1 Å². The highest BCUT2D eigenvalue weighted by molar-refractivity contribution is 6.71. The maximum Gasteiger partial charge on any atom is 0.189 e. The van der Waals surface area contributed by atoms with Gasteiger partial charge in [-0.2, -0.15) is 0 Å². The van der Waals surface area contributed by atoms with Gasteiger partial charge in [-0.05, 0) is 32.0 Å². The Labute approximate surface area is 68.7 Å². The molecule has 1 heterocycles. The Morgan fingerprint density at radius 2 is 2.27 bits per heavy atom. The summed E-state index contributed by atoms with van der Waals surface area (Å²) < 4.78 is 5.91. The lowest BCUT2D eigenvalue weighted by molar-refractivity contribution is 0.0286. The molecule has 2 rings (SSSR count). The van der Waals surface area contributed by atoms with Crippen molar-refractivity contribution in [3.63, 3.8) is 0 Å². The van der Waals surface area contributed by atoms with Crippen LogP contribution in [0.4, 0.5) is 0 Å². The third kappa shape index (κ3) is 1.37. The highest BCUT2D eigenvalue weighted by Gasteiger charge is 2.49. The van der Waals surface area contributed by atoms with Crippen LogP contribution in [0.1, 0.15) is 19.3 Å². The van der Waals surface area contributed by atoms with Crippen LogP contribution in [0.15, 0.2) is 0 Å². The van der Waals surface area contributed by atoms with E-state index in [9.17, 15) is 5.11 Å². The maximum atomic E-state index is 10.0. The van der Waals surface area contributed by atoms with Crippen LogP contribution in [0, 0.1) is 0 Å². The molecule has 3 heteroatoms. The zero-order chi connectivity index (χ0) is 8.11. The van der Waals surface area contributed by atoms with Gasteiger partial charge >= 0.3 is 0 Å². The van der Waals surface area contributed by atoms with Crippen molar-refractivity contribution in [1.82, 2.24) is 0 Å². The molecule has 1 saturated carbocycles. The summed E-state index contributed by atoms with van der Waals surface area (Å²) in [5.74, 6) is 0. The average molecular weight is 172 g/mol. The number of rotatable bonds is 0. The molecule has 1 N–H and O–H groups in total. The third-order valence-corrected chi connectivity index (χ3v) is 5.26. The quantitative estimate of drug-likeness (QED) is 0.561. The topological polar surface area (TPSA) is 29.5 Å². The minimum atomic E-state index is -1.48. The van der Waals surface area contributed by atoms with Crippen molar-refractivity contribution in [1.29, 1.82) is 0 Å². The highest BCUT2D eigenvalue weighted by Crippen LogP contribution is 2.44. The molecule has 0 amide bonds. The van der Waals surface area contributed by atoms with Gasteiger partial charge in [0.05, 0.1) is 5.60 Å². The molecule has 0 aromatic heterocycles. The molecule has 2 bridgehead atoms. The van der Waals surface area contributed by atoms with Crippen LogP contribution in [0.25, 0.3) is 0 Å². The summed E-state index contributed by atoms with van der Waals surface area (Å²) in [5.41, 5.74) is -0.335. The zero-order valence-corrected chi connectivity index (χ0v) is 8.26. The summed E-state index contributed by atoms with van der Waals surface area (Å²) >= 11 is 0. The van der Waals surface area contributed by atoms with E-state index in [4.69, 9.17) is 4.43 Å². The van der Waals surface area contributed by atoms with Crippen LogP contribution < -0.4 is 0 Å². The molecule has 0 spiro atoms. The van der Waals surface area contributed by atoms with E-state index in [1.165, 1.54) is 0 Å². The highest BCUT2D eigenvalue weighted by atomic mass is 28.4. The summed E-state index contributed by atoms with van der Waals surface area (Å²) in [7, 11) is -1.48. The van der Waals surface area contributed by atoms with Crippen molar-refractivity contribution in [3.05, 3.63) is 0 Å². The Bertz CT molecular complexity index is 181. The lowest BCUT2D eigenvalue weighted by Crippen LogP contribution is -2.47. The Hall–Kier alpha value is 0.137. The normalized spacial score (nSPS) is 47.7. The van der Waals surface area contributed by atoms with Gasteiger partial charge in [-0.1, -0.05) is 0 Å². The van der Waals surface area contributed by atoms with Crippen molar-refractivity contribution in [2.75, 3.05) is 0 Å². The second-order valence-corrected chi connectivity index (χ2v) is 8.75. The van der Waals surface area contributed by atoms with E-state index in [1.807, 2.05) is 0 Å². The maximum absolute atomic E-state index is 10.0. The summed E-state index contributed by atoms with van der Waals surface area (Å²) in [6.45, 7) is 4.41. The van der Waals surface area contributed by atoms with E-state index in [0.29, 0.717) is 6.10 Å². The SMILES string of the molecule is C[Si]1(C)C[C@@]2(O)CC[C@H](C2)O1. The Morgan fingerprint density at radius 3 is 2.91 bits per heavy atom. The Morgan fingerprint density at radius 1 is 1.55 bits per heavy atom. The molecule has 2 atom stereocenters. The number of hydrogen-bond acceptors (Lipinski definition) is 2. The van der Waals surface area contributed by atoms with Crippen LogP contribution in [-0.4, -0.2) is 25.1 Å². The van der Waals surface area contributed by atoms with E-state index in [0.717, 1.165) is 25.3 Å². The van der Waals surface area contributed by atoms with Crippen LogP contribution in [-0.2, 0) is 4.43 Å². The molecular weight excluding hydrogens is 156 g/mol. The van der Waals surface area contributed by atoms with E-state index < -0.39 is 8.32 Å². The van der Waals surface area contributed by atoms with Gasteiger partial charge in [-0.15, -0.1) is 0 Å². The molecule has 1 aliphatic carbocycles. The van der Waals surface area contributed by atoms with Crippen molar-refractivity contribution < 1.29 is 9.53 Å². The molecule has 2 aliphatic rings. The standard InChI is InChI=1S/C8H16O2Si/c1-11(2)6-8(9)4-3-7(5-8)10-11/h7,9H,3-6H2,1-2H3/t7-,8-/m1/s1. The fraction of sp³-hybridized carbons (Fsp3) is 1.00. The minimum Gasteiger partial charge on any atom is -0.414 e. The molecule has 0 unspecified atom stereocenters. The van der Waals surface area contributed by atoms with Crippen LogP contribution >= 0.6 is 0 Å². The first kappa shape index (κ1) is 7.77. The summed E-state index contributed by atoms with van der Waals surface area (Å²) in [5, 5.41) is 10.0. The smallest absolute Gasteiger partial charge is 0.189 e. The average Bonchev–Trinajstić information content (AvgIpc) is 2.03. The molecule has 0 radical (unpaired) electrons. The van der Waals surface area contributed by atoms with Crippen molar-refractivity contribution in [2.45, 2.75) is 50.1 Å². The van der Waals surface area contributed by atoms with Gasteiger partial charge in [0.1, 0.15) is 0 Å². The van der Waals surface area contributed by atoms with E-state index in [-0.39, 0.29) is 5.60 Å². The minimum absolute atomic E-state index is 0.335. The molecule has 11 heavy (non-hydrogen) atoms. The summed E-state index contributed by atoms with van der Waals surface area (Å²) in [6.07, 6.45) is 3.32. The second-order valence-electron chi connectivity index (χ2n) is 4.64. The summed E-state index contributed by atoms with van der Waals surface area (Å²) in [6, 6.07) is 0.941. The van der Waals surface area contributed by atoms with Gasteiger partial charge in [0, 0.05) is 12.5 Å². The first-order valence-corrected chi connectivity index (χ1v) is 7.51. The monoisotopic (exact) mass is 172 g/mol. The lowest BCUT2D eigenvalue weighted by atomic mass is 10.1. The van der Waals surface area contributed by atoms with Crippen molar-refractivity contribution >= 4 is 8.32 Å². The molecule has 2 nitrogen and oxygen atoms in total. The first-order chi connectivity index (χ1) is 4.99. The number of hydrogen-bond donors (Lipinski definition) is 1. The number of fused-ring (bicyclic) bond motifs is 2. The molecule has 1 saturated heterocycles. The first-order valence-electron chi connectivity index (χ1n) is 4.39. The van der Waals surface area contributed by atoms with Gasteiger partial charge in [0.2, 0.25) is 0 Å². The van der Waals surface area contributed by atoms with Gasteiger partial charge in [0.15, 0.2) is 8.32 Å². The van der Waals surface area contributed by atoms with E-state index >= 15 is 0 Å². The zero-order valence-electron chi connectivity index (χ0n) is 7.26. The van der Waals surface area contributed by atoms with Gasteiger partial charge < -0.3 is 9.53 Å². The van der Waals surface area contributed by atoms with Crippen molar-refractivity contribution in [2.24, 2.45) is 0 Å². The lowest BCUT2D eigenvalue weighted by Gasteiger charge is -2.38. The van der Waals surface area contributed by atoms with Crippen LogP contribution in [0.2, 0.25) is 19.1 Å². The second kappa shape index (κ2) is 2.09. The van der Waals surface area contributed by atoms with Crippen molar-refractivity contribution in [3.8, 4) is 0 Å². The van der Waals surface area contributed by atoms with Gasteiger partial charge in [0.25, 0.3) is 0 Å². The summed E-state index contributed by atoms with van der Waals surface area (Å²) in [4.78, 5) is 0. The molecular formula is C8H16O2Si. The fourth-order valence-electron chi connectivity index (χ4n) is 2.60. The van der Waals surface area contributed by atoms with Gasteiger partial charge in [-0.25, -0.2) is 0 Å². The fourth-order valence-corrected chi connectivity index (χ4v) is 5.70. The van der Waals surface area contributed by atoms with Crippen LogP contribution in [0.5, 0.6) is 0 Å². The van der Waals surface area contributed by atoms with E-state index in [1.54, 1.807) is 0 Å². The van der Waals surface area contributed by atoms with Crippen LogP contribution in [0.3, 0.4) is 0 Å². The third-order valence-electron chi connectivity index (χ3n) is 2.78. The largest absolute Gasteiger partial charge is 0.414 e. The predicted octanol–water partition coefficient (Wildman–Crippen LogP) is 1.51. The molecule has 1 aliphatic heterocycles. The Balaban J connectivity index is 2.19. The van der Waals surface area contributed by atoms with Gasteiger partial charge in [-0.3, -0.25) is 0 Å². The number of aliphatic hydroxyl groups is 1. The molecule has 64 valence electrons. The Kier molecular flexibility index (Phi) is 1.47. The molecule has 0 aromatic rings.